The van der Waals surface area contributed by atoms with Crippen molar-refractivity contribution >= 4 is 40.7 Å². The van der Waals surface area contributed by atoms with Crippen molar-refractivity contribution in [2.24, 2.45) is 0 Å². The molecule has 6 nitrogen and oxygen atoms in total. The van der Waals surface area contributed by atoms with Gasteiger partial charge < -0.3 is 9.47 Å². The van der Waals surface area contributed by atoms with Crippen LogP contribution in [0.1, 0.15) is 11.1 Å². The molecule has 29 heavy (non-hydrogen) atoms. The minimum Gasteiger partial charge on any atom is -0.496 e. The summed E-state index contributed by atoms with van der Waals surface area (Å²) in [5.41, 5.74) is 1.81. The maximum Gasteiger partial charge on any atom is 0.272 e. The first-order valence-electron chi connectivity index (χ1n) is 8.38. The molecule has 0 amide bonds. The molecule has 2 aromatic carbocycles. The smallest absolute Gasteiger partial charge is 0.272 e. The first-order valence-corrected chi connectivity index (χ1v) is 9.95. The van der Waals surface area contributed by atoms with Gasteiger partial charge in [-0.25, -0.2) is 4.98 Å². The van der Waals surface area contributed by atoms with Crippen molar-refractivity contribution < 1.29 is 14.4 Å². The third-order valence-corrected chi connectivity index (χ3v) is 6.02. The Labute approximate surface area is 181 Å². The number of halogens is 2. The van der Waals surface area contributed by atoms with Crippen molar-refractivity contribution in [2.45, 2.75) is 16.2 Å². The Morgan fingerprint density at radius 3 is 2.34 bits per heavy atom. The first-order chi connectivity index (χ1) is 13.9. The molecule has 0 aliphatic carbocycles. The maximum absolute atomic E-state index is 11.0. The van der Waals surface area contributed by atoms with Gasteiger partial charge in [-0.05, 0) is 29.3 Å². The fraction of sp³-hybridized carbons (Fsp3) is 0.150. The Kier molecular flexibility index (Phi) is 6.84. The first kappa shape index (κ1) is 21.2. The second kappa shape index (κ2) is 9.35. The lowest BCUT2D eigenvalue weighted by Crippen LogP contribution is -1.96. The van der Waals surface area contributed by atoms with E-state index >= 15 is 0 Å². The van der Waals surface area contributed by atoms with Crippen LogP contribution in [0.2, 0.25) is 10.0 Å². The molecule has 0 unspecified atom stereocenters. The molecule has 1 aromatic heterocycles. The van der Waals surface area contributed by atoms with Crippen LogP contribution < -0.4 is 9.47 Å². The molecule has 0 fully saturated rings. The highest BCUT2D eigenvalue weighted by atomic mass is 35.5. The Bertz CT molecular complexity index is 1020. The zero-order valence-corrected chi connectivity index (χ0v) is 17.8. The summed E-state index contributed by atoms with van der Waals surface area (Å²) in [6.45, 7) is 0. The average molecular weight is 451 g/mol. The van der Waals surface area contributed by atoms with Gasteiger partial charge in [0.15, 0.2) is 0 Å². The fourth-order valence-corrected chi connectivity index (χ4v) is 4.27. The minimum absolute atomic E-state index is 0.147. The minimum atomic E-state index is -0.527. The molecule has 0 N–H and O–H groups in total. The van der Waals surface area contributed by atoms with E-state index in [4.69, 9.17) is 32.7 Å². The summed E-state index contributed by atoms with van der Waals surface area (Å²) in [7, 11) is 3.18. The van der Waals surface area contributed by atoms with Crippen LogP contribution in [0, 0.1) is 10.1 Å². The van der Waals surface area contributed by atoms with Crippen molar-refractivity contribution in [1.29, 1.82) is 0 Å². The number of hydrogen-bond donors (Lipinski definition) is 0. The van der Waals surface area contributed by atoms with Crippen molar-refractivity contribution in [3.8, 4) is 11.6 Å². The molecule has 0 saturated carbocycles. The average Bonchev–Trinajstić information content (AvgIpc) is 2.71. The summed E-state index contributed by atoms with van der Waals surface area (Å²) in [4.78, 5) is 16.1. The molecule has 9 heteroatoms. The second-order valence-electron chi connectivity index (χ2n) is 5.96. The van der Waals surface area contributed by atoms with Crippen LogP contribution in [0.25, 0.3) is 0 Å². The van der Waals surface area contributed by atoms with Crippen LogP contribution in [-0.2, 0) is 6.42 Å². The van der Waals surface area contributed by atoms with Crippen LogP contribution >= 0.6 is 35.0 Å². The van der Waals surface area contributed by atoms with E-state index in [2.05, 4.69) is 4.98 Å². The normalized spacial score (nSPS) is 10.6. The molecule has 150 valence electrons. The molecular formula is C20H16Cl2N2O4S. The number of benzene rings is 2. The Morgan fingerprint density at radius 2 is 1.79 bits per heavy atom. The molecule has 3 aromatic rings. The molecule has 0 aliphatic rings. The predicted molar refractivity (Wildman–Crippen MR) is 114 cm³/mol. The molecule has 1 heterocycles. The van der Waals surface area contributed by atoms with E-state index < -0.39 is 4.92 Å². The van der Waals surface area contributed by atoms with E-state index in [0.717, 1.165) is 21.8 Å². The van der Waals surface area contributed by atoms with Gasteiger partial charge in [-0.1, -0.05) is 41.0 Å². The van der Waals surface area contributed by atoms with E-state index in [1.54, 1.807) is 26.5 Å². The SMILES string of the molecule is COc1ccc(Cc2cc(Sc3c(Cl)cc([N+](=O)[O-])cc3Cl)ccc2OC)cn1. The maximum atomic E-state index is 11.0. The van der Waals surface area contributed by atoms with Crippen molar-refractivity contribution in [3.05, 3.63) is 79.9 Å². The topological polar surface area (TPSA) is 74.5 Å². The number of hydrogen-bond acceptors (Lipinski definition) is 6. The van der Waals surface area contributed by atoms with Gasteiger partial charge >= 0.3 is 0 Å². The molecule has 0 spiro atoms. The molecule has 3 rings (SSSR count). The Hall–Kier alpha value is -2.48. The van der Waals surface area contributed by atoms with Gasteiger partial charge in [0.05, 0.1) is 29.2 Å². The zero-order chi connectivity index (χ0) is 21.0. The molecule has 0 radical (unpaired) electrons. The summed E-state index contributed by atoms with van der Waals surface area (Å²) in [5, 5.41) is 11.4. The van der Waals surface area contributed by atoms with E-state index in [1.165, 1.54) is 23.9 Å². The number of nitrogens with zero attached hydrogens (tertiary/aromatic N) is 2. The summed E-state index contributed by atoms with van der Waals surface area (Å²) >= 11 is 13.8. The van der Waals surface area contributed by atoms with Crippen molar-refractivity contribution in [3.63, 3.8) is 0 Å². The molecule has 0 aliphatic heterocycles. The van der Waals surface area contributed by atoms with Gasteiger partial charge in [0.1, 0.15) is 5.75 Å². The van der Waals surface area contributed by atoms with Crippen LogP contribution in [0.5, 0.6) is 11.6 Å². The summed E-state index contributed by atoms with van der Waals surface area (Å²) in [5.74, 6) is 1.29. The van der Waals surface area contributed by atoms with E-state index in [-0.39, 0.29) is 15.7 Å². The largest absolute Gasteiger partial charge is 0.496 e. The monoisotopic (exact) mass is 450 g/mol. The number of nitro groups is 1. The highest BCUT2D eigenvalue weighted by Crippen LogP contribution is 2.42. The zero-order valence-electron chi connectivity index (χ0n) is 15.5. The fourth-order valence-electron chi connectivity index (χ4n) is 2.68. The number of non-ortho nitro benzene ring substituents is 1. The van der Waals surface area contributed by atoms with Gasteiger partial charge in [-0.3, -0.25) is 10.1 Å². The lowest BCUT2D eigenvalue weighted by Gasteiger charge is -2.12. The van der Waals surface area contributed by atoms with Gasteiger partial charge in [-0.15, -0.1) is 0 Å². The Morgan fingerprint density at radius 1 is 1.07 bits per heavy atom. The van der Waals surface area contributed by atoms with Gasteiger partial charge in [0.2, 0.25) is 5.88 Å². The standard InChI is InChI=1S/C20H16Cl2N2O4S/c1-27-18-5-4-15(8-13(18)7-12-3-6-19(28-2)23-11-12)29-20-16(21)9-14(24(25)26)10-17(20)22/h3-6,8-11H,7H2,1-2H3. The van der Waals surface area contributed by atoms with Crippen LogP contribution in [0.15, 0.2) is 58.5 Å². The summed E-state index contributed by atoms with van der Waals surface area (Å²) in [6.07, 6.45) is 2.36. The second-order valence-corrected chi connectivity index (χ2v) is 7.86. The third kappa shape index (κ3) is 5.12. The lowest BCUT2D eigenvalue weighted by molar-refractivity contribution is -0.384. The molecular weight excluding hydrogens is 435 g/mol. The number of methoxy groups -OCH3 is 2. The third-order valence-electron chi connectivity index (χ3n) is 4.07. The number of rotatable bonds is 7. The van der Waals surface area contributed by atoms with Gasteiger partial charge in [-0.2, -0.15) is 0 Å². The molecule has 0 bridgehead atoms. The Balaban J connectivity index is 1.89. The number of nitro benzene ring substituents is 1. The number of aromatic nitrogens is 1. The van der Waals surface area contributed by atoms with Gasteiger partial charge in [0, 0.05) is 40.6 Å². The quantitative estimate of drug-likeness (QED) is 0.321. The molecule has 0 atom stereocenters. The highest BCUT2D eigenvalue weighted by Gasteiger charge is 2.16. The van der Waals surface area contributed by atoms with Crippen molar-refractivity contribution in [1.82, 2.24) is 4.98 Å². The molecule has 0 saturated heterocycles. The van der Waals surface area contributed by atoms with Crippen LogP contribution in [0.4, 0.5) is 5.69 Å². The predicted octanol–water partition coefficient (Wildman–Crippen LogP) is 6.06. The highest BCUT2D eigenvalue weighted by molar-refractivity contribution is 7.99. The van der Waals surface area contributed by atoms with E-state index in [1.807, 2.05) is 24.3 Å². The van der Waals surface area contributed by atoms with Crippen LogP contribution in [-0.4, -0.2) is 24.1 Å². The number of ether oxygens (including phenoxy) is 2. The van der Waals surface area contributed by atoms with Crippen LogP contribution in [0.3, 0.4) is 0 Å². The lowest BCUT2D eigenvalue weighted by atomic mass is 10.1. The van der Waals surface area contributed by atoms with E-state index in [9.17, 15) is 10.1 Å². The summed E-state index contributed by atoms with van der Waals surface area (Å²) in [6, 6.07) is 12.1. The number of pyridine rings is 1. The van der Waals surface area contributed by atoms with Crippen molar-refractivity contribution in [2.75, 3.05) is 14.2 Å². The van der Waals surface area contributed by atoms with E-state index in [0.29, 0.717) is 17.2 Å². The summed E-state index contributed by atoms with van der Waals surface area (Å²) < 4.78 is 10.6. The van der Waals surface area contributed by atoms with Gasteiger partial charge in [0.25, 0.3) is 5.69 Å².